The molecule has 0 heterocycles. The summed E-state index contributed by atoms with van der Waals surface area (Å²) in [5, 5.41) is 0. The van der Waals surface area contributed by atoms with Crippen molar-refractivity contribution >= 4 is 5.91 Å². The molecule has 1 aromatic carbocycles. The zero-order chi connectivity index (χ0) is 12.8. The summed E-state index contributed by atoms with van der Waals surface area (Å²) in [4.78, 5) is 14.3. The van der Waals surface area contributed by atoms with Gasteiger partial charge in [-0.15, -0.1) is 0 Å². The third-order valence-electron chi connectivity index (χ3n) is 2.89. The van der Waals surface area contributed by atoms with Gasteiger partial charge in [0.1, 0.15) is 0 Å². The molecule has 0 aliphatic rings. The molecule has 2 N–H and O–H groups in total. The Bertz CT molecular complexity index is 374. The van der Waals surface area contributed by atoms with Crippen LogP contribution in [0.1, 0.15) is 36.7 Å². The Morgan fingerprint density at radius 2 is 2.00 bits per heavy atom. The minimum absolute atomic E-state index is 0.103. The molecule has 1 aromatic rings. The van der Waals surface area contributed by atoms with Crippen LogP contribution in [-0.4, -0.2) is 29.9 Å². The number of benzene rings is 1. The van der Waals surface area contributed by atoms with Gasteiger partial charge in [-0.25, -0.2) is 0 Å². The van der Waals surface area contributed by atoms with Crippen molar-refractivity contribution in [1.29, 1.82) is 0 Å². The Hall–Kier alpha value is -1.35. The van der Waals surface area contributed by atoms with Gasteiger partial charge in [0.2, 0.25) is 0 Å². The lowest BCUT2D eigenvalue weighted by Crippen LogP contribution is -2.37. The SMILES string of the molecule is CCN(C(=O)c1ccccc1CCN)C(C)C. The standard InChI is InChI=1S/C14H22N2O/c1-4-16(11(2)3)14(17)13-8-6-5-7-12(13)9-10-15/h5-8,11H,4,9-10,15H2,1-3H3. The van der Waals surface area contributed by atoms with Crippen molar-refractivity contribution in [3.05, 3.63) is 35.4 Å². The number of carbonyl (C=O) groups excluding carboxylic acids is 1. The number of nitrogens with two attached hydrogens (primary N) is 1. The van der Waals surface area contributed by atoms with Crippen molar-refractivity contribution in [3.63, 3.8) is 0 Å². The van der Waals surface area contributed by atoms with Crippen molar-refractivity contribution in [2.75, 3.05) is 13.1 Å². The molecule has 0 atom stereocenters. The Morgan fingerprint density at radius 3 is 2.53 bits per heavy atom. The van der Waals surface area contributed by atoms with Gasteiger partial charge >= 0.3 is 0 Å². The second-order valence-electron chi connectivity index (χ2n) is 4.38. The van der Waals surface area contributed by atoms with Crippen LogP contribution in [0.15, 0.2) is 24.3 Å². The van der Waals surface area contributed by atoms with Gasteiger partial charge in [-0.05, 0) is 45.4 Å². The van der Waals surface area contributed by atoms with Gasteiger partial charge in [0.25, 0.3) is 5.91 Å². The molecule has 0 bridgehead atoms. The molecule has 3 nitrogen and oxygen atoms in total. The highest BCUT2D eigenvalue weighted by molar-refractivity contribution is 5.95. The molecule has 94 valence electrons. The number of hydrogen-bond acceptors (Lipinski definition) is 2. The van der Waals surface area contributed by atoms with E-state index in [2.05, 4.69) is 0 Å². The second kappa shape index (κ2) is 6.40. The van der Waals surface area contributed by atoms with Crippen molar-refractivity contribution in [1.82, 2.24) is 4.90 Å². The van der Waals surface area contributed by atoms with Gasteiger partial charge in [0.05, 0.1) is 0 Å². The van der Waals surface area contributed by atoms with Crippen molar-refractivity contribution < 1.29 is 4.79 Å². The maximum absolute atomic E-state index is 12.4. The Balaban J connectivity index is 3.02. The maximum atomic E-state index is 12.4. The van der Waals surface area contributed by atoms with E-state index in [1.165, 1.54) is 0 Å². The van der Waals surface area contributed by atoms with Crippen LogP contribution in [0.3, 0.4) is 0 Å². The van der Waals surface area contributed by atoms with Gasteiger partial charge in [-0.1, -0.05) is 18.2 Å². The van der Waals surface area contributed by atoms with Crippen LogP contribution in [0.2, 0.25) is 0 Å². The maximum Gasteiger partial charge on any atom is 0.254 e. The van der Waals surface area contributed by atoms with E-state index in [-0.39, 0.29) is 11.9 Å². The van der Waals surface area contributed by atoms with Gasteiger partial charge in [-0.2, -0.15) is 0 Å². The third-order valence-corrected chi connectivity index (χ3v) is 2.89. The molecule has 0 saturated carbocycles. The highest BCUT2D eigenvalue weighted by Crippen LogP contribution is 2.14. The largest absolute Gasteiger partial charge is 0.336 e. The lowest BCUT2D eigenvalue weighted by molar-refractivity contribution is 0.0716. The summed E-state index contributed by atoms with van der Waals surface area (Å²) >= 11 is 0. The quantitative estimate of drug-likeness (QED) is 0.847. The molecule has 3 heteroatoms. The lowest BCUT2D eigenvalue weighted by Gasteiger charge is -2.26. The fourth-order valence-corrected chi connectivity index (χ4v) is 2.00. The number of rotatable bonds is 5. The van der Waals surface area contributed by atoms with E-state index in [0.29, 0.717) is 6.54 Å². The van der Waals surface area contributed by atoms with E-state index in [1.54, 1.807) is 0 Å². The fourth-order valence-electron chi connectivity index (χ4n) is 2.00. The summed E-state index contributed by atoms with van der Waals surface area (Å²) in [6.45, 7) is 7.37. The van der Waals surface area contributed by atoms with E-state index in [0.717, 1.165) is 24.1 Å². The Labute approximate surface area is 104 Å². The number of nitrogens with zero attached hydrogens (tertiary/aromatic N) is 1. The molecule has 0 aliphatic heterocycles. The lowest BCUT2D eigenvalue weighted by atomic mass is 10.0. The molecular weight excluding hydrogens is 212 g/mol. The molecule has 0 fully saturated rings. The summed E-state index contributed by atoms with van der Waals surface area (Å²) in [5.74, 6) is 0.103. The third kappa shape index (κ3) is 3.30. The molecule has 0 aromatic heterocycles. The molecule has 0 spiro atoms. The van der Waals surface area contributed by atoms with Gasteiger partial charge < -0.3 is 10.6 Å². The molecule has 0 aliphatic carbocycles. The second-order valence-corrected chi connectivity index (χ2v) is 4.38. The topological polar surface area (TPSA) is 46.3 Å². The summed E-state index contributed by atoms with van der Waals surface area (Å²) < 4.78 is 0. The first-order chi connectivity index (χ1) is 8.11. The first kappa shape index (κ1) is 13.7. The summed E-state index contributed by atoms with van der Waals surface area (Å²) in [6, 6.07) is 7.94. The molecular formula is C14H22N2O. The van der Waals surface area contributed by atoms with E-state index >= 15 is 0 Å². The molecule has 1 rings (SSSR count). The molecule has 0 radical (unpaired) electrons. The van der Waals surface area contributed by atoms with Crippen molar-refractivity contribution in [2.45, 2.75) is 33.2 Å². The molecule has 17 heavy (non-hydrogen) atoms. The van der Waals surface area contributed by atoms with Gasteiger partial charge in [0, 0.05) is 18.2 Å². The minimum Gasteiger partial charge on any atom is -0.336 e. The highest BCUT2D eigenvalue weighted by Gasteiger charge is 2.18. The number of hydrogen-bond donors (Lipinski definition) is 1. The van der Waals surface area contributed by atoms with Crippen molar-refractivity contribution in [3.8, 4) is 0 Å². The number of carbonyl (C=O) groups is 1. The molecule has 1 amide bonds. The predicted octanol–water partition coefficient (Wildman–Crippen LogP) is 2.06. The molecule has 0 saturated heterocycles. The van der Waals surface area contributed by atoms with E-state index in [4.69, 9.17) is 5.73 Å². The average Bonchev–Trinajstić information content (AvgIpc) is 2.30. The monoisotopic (exact) mass is 234 g/mol. The van der Waals surface area contributed by atoms with E-state index < -0.39 is 0 Å². The summed E-state index contributed by atoms with van der Waals surface area (Å²) in [5.41, 5.74) is 7.40. The minimum atomic E-state index is 0.103. The molecule has 0 unspecified atom stereocenters. The fraction of sp³-hybridized carbons (Fsp3) is 0.500. The smallest absolute Gasteiger partial charge is 0.254 e. The van der Waals surface area contributed by atoms with E-state index in [1.807, 2.05) is 49.9 Å². The van der Waals surface area contributed by atoms with Crippen LogP contribution in [-0.2, 0) is 6.42 Å². The van der Waals surface area contributed by atoms with E-state index in [9.17, 15) is 4.79 Å². The normalized spacial score (nSPS) is 10.6. The van der Waals surface area contributed by atoms with Crippen LogP contribution < -0.4 is 5.73 Å². The Kier molecular flexibility index (Phi) is 5.16. The van der Waals surface area contributed by atoms with Crippen LogP contribution in [0.25, 0.3) is 0 Å². The van der Waals surface area contributed by atoms with Crippen LogP contribution in [0.5, 0.6) is 0 Å². The summed E-state index contributed by atoms with van der Waals surface area (Å²) in [7, 11) is 0. The first-order valence-electron chi connectivity index (χ1n) is 6.20. The highest BCUT2D eigenvalue weighted by atomic mass is 16.2. The predicted molar refractivity (Wildman–Crippen MR) is 71.0 cm³/mol. The zero-order valence-electron chi connectivity index (χ0n) is 10.9. The number of amides is 1. The van der Waals surface area contributed by atoms with Gasteiger partial charge in [-0.3, -0.25) is 4.79 Å². The van der Waals surface area contributed by atoms with Gasteiger partial charge in [0.15, 0.2) is 0 Å². The Morgan fingerprint density at radius 1 is 1.35 bits per heavy atom. The zero-order valence-corrected chi connectivity index (χ0v) is 10.9. The van der Waals surface area contributed by atoms with Crippen LogP contribution in [0, 0.1) is 0 Å². The van der Waals surface area contributed by atoms with Crippen LogP contribution in [0.4, 0.5) is 0 Å². The van der Waals surface area contributed by atoms with Crippen molar-refractivity contribution in [2.24, 2.45) is 5.73 Å². The van der Waals surface area contributed by atoms with Crippen LogP contribution >= 0.6 is 0 Å². The summed E-state index contributed by atoms with van der Waals surface area (Å²) in [6.07, 6.45) is 0.748. The first-order valence-corrected chi connectivity index (χ1v) is 6.20. The average molecular weight is 234 g/mol.